The van der Waals surface area contributed by atoms with Gasteiger partial charge in [-0.25, -0.2) is 0 Å². The number of hydrogen-bond donors (Lipinski definition) is 2. The zero-order valence-electron chi connectivity index (χ0n) is 10.7. The van der Waals surface area contributed by atoms with Crippen LogP contribution in [0, 0.1) is 11.8 Å². The second-order valence-corrected chi connectivity index (χ2v) is 6.27. The Morgan fingerprint density at radius 1 is 1.42 bits per heavy atom. The van der Waals surface area contributed by atoms with Crippen molar-refractivity contribution in [2.24, 2.45) is 17.6 Å². The van der Waals surface area contributed by atoms with Crippen molar-refractivity contribution in [2.75, 3.05) is 11.9 Å². The van der Waals surface area contributed by atoms with E-state index in [0.717, 1.165) is 29.4 Å². The molecular formula is C14H18BrClN2O. The van der Waals surface area contributed by atoms with Gasteiger partial charge in [-0.2, -0.15) is 0 Å². The Morgan fingerprint density at radius 2 is 2.16 bits per heavy atom. The number of halogens is 2. The summed E-state index contributed by atoms with van der Waals surface area (Å²) in [5.41, 5.74) is 6.53. The molecule has 0 bridgehead atoms. The van der Waals surface area contributed by atoms with Crippen LogP contribution in [0.3, 0.4) is 0 Å². The number of carbonyl (C=O) groups is 1. The third-order valence-electron chi connectivity index (χ3n) is 3.74. The number of benzene rings is 1. The van der Waals surface area contributed by atoms with Gasteiger partial charge in [-0.3, -0.25) is 4.79 Å². The van der Waals surface area contributed by atoms with E-state index in [1.807, 2.05) is 12.1 Å². The van der Waals surface area contributed by atoms with E-state index in [0.29, 0.717) is 17.5 Å². The maximum atomic E-state index is 12.3. The minimum Gasteiger partial charge on any atom is -0.330 e. The van der Waals surface area contributed by atoms with Gasteiger partial charge in [0.05, 0.1) is 5.02 Å². The summed E-state index contributed by atoms with van der Waals surface area (Å²) in [7, 11) is 0. The Balaban J connectivity index is 2.05. The van der Waals surface area contributed by atoms with Gasteiger partial charge < -0.3 is 11.1 Å². The van der Waals surface area contributed by atoms with Crippen LogP contribution in [0.4, 0.5) is 5.69 Å². The number of rotatable bonds is 3. The van der Waals surface area contributed by atoms with Gasteiger partial charge in [-0.15, -0.1) is 0 Å². The molecule has 3 nitrogen and oxygen atoms in total. The monoisotopic (exact) mass is 344 g/mol. The third kappa shape index (κ3) is 3.71. The number of anilines is 1. The van der Waals surface area contributed by atoms with Crippen molar-refractivity contribution >= 4 is 39.1 Å². The van der Waals surface area contributed by atoms with Crippen LogP contribution in [-0.2, 0) is 4.79 Å². The van der Waals surface area contributed by atoms with Crippen molar-refractivity contribution in [3.63, 3.8) is 0 Å². The summed E-state index contributed by atoms with van der Waals surface area (Å²) in [4.78, 5) is 12.3. The number of amides is 1. The molecule has 0 heterocycles. The van der Waals surface area contributed by atoms with Gasteiger partial charge in [0.1, 0.15) is 0 Å². The van der Waals surface area contributed by atoms with Crippen molar-refractivity contribution in [1.29, 1.82) is 0 Å². The summed E-state index contributed by atoms with van der Waals surface area (Å²) in [6, 6.07) is 5.40. The standard InChI is InChI=1S/C14H18BrClN2O/c15-12-7-10(5-6-13(12)16)18-14(19)11-4-2-1-3-9(11)8-17/h5-7,9,11H,1-4,8,17H2,(H,18,19). The molecule has 0 aliphatic heterocycles. The van der Waals surface area contributed by atoms with E-state index in [1.54, 1.807) is 6.07 Å². The molecule has 1 aliphatic carbocycles. The predicted octanol–water partition coefficient (Wildman–Crippen LogP) is 3.81. The van der Waals surface area contributed by atoms with Gasteiger partial charge in [0.15, 0.2) is 0 Å². The summed E-state index contributed by atoms with van der Waals surface area (Å²) in [6.45, 7) is 0.586. The first-order chi connectivity index (χ1) is 9.11. The van der Waals surface area contributed by atoms with Crippen molar-refractivity contribution in [2.45, 2.75) is 25.7 Å². The van der Waals surface area contributed by atoms with Gasteiger partial charge in [-0.1, -0.05) is 24.4 Å². The molecule has 1 amide bonds. The lowest BCUT2D eigenvalue weighted by Gasteiger charge is -2.29. The molecule has 1 aromatic carbocycles. The maximum absolute atomic E-state index is 12.3. The fourth-order valence-corrected chi connectivity index (χ4v) is 3.14. The minimum absolute atomic E-state index is 0.0354. The summed E-state index contributed by atoms with van der Waals surface area (Å²) in [5.74, 6) is 0.419. The first-order valence-electron chi connectivity index (χ1n) is 6.58. The Kier molecular flexibility index (Phi) is 5.25. The average molecular weight is 346 g/mol. The van der Waals surface area contributed by atoms with E-state index in [2.05, 4.69) is 21.2 Å². The number of nitrogens with two attached hydrogens (primary N) is 1. The molecule has 2 atom stereocenters. The molecule has 2 rings (SSSR count). The third-order valence-corrected chi connectivity index (χ3v) is 4.95. The Bertz CT molecular complexity index is 467. The van der Waals surface area contributed by atoms with Gasteiger partial charge in [0.2, 0.25) is 5.91 Å². The Labute approximate surface area is 127 Å². The average Bonchev–Trinajstić information content (AvgIpc) is 2.43. The first kappa shape index (κ1) is 14.8. The summed E-state index contributed by atoms with van der Waals surface area (Å²) in [6.07, 6.45) is 4.28. The molecule has 1 saturated carbocycles. The maximum Gasteiger partial charge on any atom is 0.227 e. The molecule has 3 N–H and O–H groups in total. The van der Waals surface area contributed by atoms with Crippen molar-refractivity contribution in [1.82, 2.24) is 0 Å². The molecule has 5 heteroatoms. The van der Waals surface area contributed by atoms with Crippen LogP contribution in [-0.4, -0.2) is 12.5 Å². The fraction of sp³-hybridized carbons (Fsp3) is 0.500. The highest BCUT2D eigenvalue weighted by molar-refractivity contribution is 9.10. The molecule has 0 radical (unpaired) electrons. The van der Waals surface area contributed by atoms with Gasteiger partial charge >= 0.3 is 0 Å². The topological polar surface area (TPSA) is 55.1 Å². The molecule has 1 aromatic rings. The van der Waals surface area contributed by atoms with Crippen LogP contribution < -0.4 is 11.1 Å². The van der Waals surface area contributed by atoms with E-state index in [1.165, 1.54) is 6.42 Å². The van der Waals surface area contributed by atoms with E-state index >= 15 is 0 Å². The molecule has 19 heavy (non-hydrogen) atoms. The van der Waals surface area contributed by atoms with Crippen LogP contribution in [0.5, 0.6) is 0 Å². The molecule has 0 spiro atoms. The van der Waals surface area contributed by atoms with E-state index in [4.69, 9.17) is 17.3 Å². The summed E-state index contributed by atoms with van der Waals surface area (Å²) >= 11 is 9.29. The normalized spacial score (nSPS) is 23.1. The SMILES string of the molecule is NCC1CCCCC1C(=O)Nc1ccc(Cl)c(Br)c1. The lowest BCUT2D eigenvalue weighted by Crippen LogP contribution is -2.35. The lowest BCUT2D eigenvalue weighted by atomic mass is 9.78. The summed E-state index contributed by atoms with van der Waals surface area (Å²) < 4.78 is 0.783. The smallest absolute Gasteiger partial charge is 0.227 e. The molecule has 2 unspecified atom stereocenters. The second-order valence-electron chi connectivity index (χ2n) is 5.00. The zero-order chi connectivity index (χ0) is 13.8. The van der Waals surface area contributed by atoms with Crippen LogP contribution in [0.25, 0.3) is 0 Å². The van der Waals surface area contributed by atoms with Crippen LogP contribution in [0.2, 0.25) is 5.02 Å². The van der Waals surface area contributed by atoms with E-state index in [9.17, 15) is 4.79 Å². The highest BCUT2D eigenvalue weighted by Gasteiger charge is 2.29. The van der Waals surface area contributed by atoms with Gasteiger partial charge in [0.25, 0.3) is 0 Å². The van der Waals surface area contributed by atoms with Crippen LogP contribution in [0.1, 0.15) is 25.7 Å². The fourth-order valence-electron chi connectivity index (χ4n) is 2.64. The molecule has 0 saturated heterocycles. The number of carbonyl (C=O) groups excluding carboxylic acids is 1. The minimum atomic E-state index is 0.0354. The predicted molar refractivity (Wildman–Crippen MR) is 82.3 cm³/mol. The molecule has 0 aromatic heterocycles. The highest BCUT2D eigenvalue weighted by Crippen LogP contribution is 2.31. The quantitative estimate of drug-likeness (QED) is 0.875. The van der Waals surface area contributed by atoms with E-state index in [-0.39, 0.29) is 11.8 Å². The molecule has 1 fully saturated rings. The lowest BCUT2D eigenvalue weighted by molar-refractivity contribution is -0.122. The Morgan fingerprint density at radius 3 is 2.84 bits per heavy atom. The summed E-state index contributed by atoms with van der Waals surface area (Å²) in [5, 5.41) is 3.60. The molecular weight excluding hydrogens is 328 g/mol. The number of nitrogens with one attached hydrogen (secondary N) is 1. The van der Waals surface area contributed by atoms with Crippen molar-refractivity contribution in [3.8, 4) is 0 Å². The second kappa shape index (κ2) is 6.73. The highest BCUT2D eigenvalue weighted by atomic mass is 79.9. The van der Waals surface area contributed by atoms with E-state index < -0.39 is 0 Å². The zero-order valence-corrected chi connectivity index (χ0v) is 13.0. The number of hydrogen-bond acceptors (Lipinski definition) is 2. The largest absolute Gasteiger partial charge is 0.330 e. The van der Waals surface area contributed by atoms with Crippen molar-refractivity contribution in [3.05, 3.63) is 27.7 Å². The van der Waals surface area contributed by atoms with Crippen LogP contribution in [0.15, 0.2) is 22.7 Å². The van der Waals surface area contributed by atoms with Crippen molar-refractivity contribution < 1.29 is 4.79 Å². The first-order valence-corrected chi connectivity index (χ1v) is 7.75. The van der Waals surface area contributed by atoms with Crippen LogP contribution >= 0.6 is 27.5 Å². The van der Waals surface area contributed by atoms with Gasteiger partial charge in [0, 0.05) is 16.1 Å². The molecule has 1 aliphatic rings. The van der Waals surface area contributed by atoms with Gasteiger partial charge in [-0.05, 0) is 59.4 Å². The molecule has 104 valence electrons. The Hall–Kier alpha value is -0.580.